The van der Waals surface area contributed by atoms with Crippen molar-refractivity contribution in [3.8, 4) is 0 Å². The second-order valence-corrected chi connectivity index (χ2v) is 8.17. The van der Waals surface area contributed by atoms with Crippen LogP contribution in [0.3, 0.4) is 0 Å². The third-order valence-corrected chi connectivity index (χ3v) is 6.24. The zero-order valence-electron chi connectivity index (χ0n) is 11.7. The summed E-state index contributed by atoms with van der Waals surface area (Å²) < 4.78 is 28.4. The van der Waals surface area contributed by atoms with Crippen LogP contribution in [0, 0.1) is 0 Å². The Kier molecular flexibility index (Phi) is 4.74. The van der Waals surface area contributed by atoms with Crippen molar-refractivity contribution in [3.63, 3.8) is 0 Å². The van der Waals surface area contributed by atoms with Gasteiger partial charge >= 0.3 is 0 Å². The number of halogens is 3. The van der Waals surface area contributed by atoms with Crippen molar-refractivity contribution in [2.45, 2.75) is 29.0 Å². The first-order valence-corrected chi connectivity index (χ1v) is 8.86. The lowest BCUT2D eigenvalue weighted by Gasteiger charge is -2.32. The first kappa shape index (κ1) is 17.5. The molecule has 2 atom stereocenters. The van der Waals surface area contributed by atoms with E-state index >= 15 is 0 Å². The Morgan fingerprint density at radius 3 is 2.32 bits per heavy atom. The number of alkyl halides is 2. The third-order valence-electron chi connectivity index (χ3n) is 3.31. The third kappa shape index (κ3) is 2.95. The molecular formula is C14H12Cl3NO3S. The number of hydrogen-bond acceptors (Lipinski definition) is 3. The van der Waals surface area contributed by atoms with E-state index < -0.39 is 26.1 Å². The van der Waals surface area contributed by atoms with E-state index in [9.17, 15) is 13.2 Å². The normalized spacial score (nSPS) is 28.3. The molecule has 2 rings (SSSR count). The first-order chi connectivity index (χ1) is 10.1. The molecule has 118 valence electrons. The van der Waals surface area contributed by atoms with Gasteiger partial charge < -0.3 is 0 Å². The molecular weight excluding hydrogens is 369 g/mol. The van der Waals surface area contributed by atoms with Gasteiger partial charge in [-0.15, -0.1) is 23.2 Å². The SMILES string of the molecule is CC1=C(Cl)C(=NS(=O)(=O)c2ccccc2)[C@@H](Cl)[C@@](C)(Cl)C1=O. The van der Waals surface area contributed by atoms with Crippen LogP contribution >= 0.6 is 34.8 Å². The molecule has 0 spiro atoms. The molecule has 1 aliphatic carbocycles. The van der Waals surface area contributed by atoms with E-state index in [1.165, 1.54) is 26.0 Å². The number of carbonyl (C=O) groups is 1. The monoisotopic (exact) mass is 379 g/mol. The van der Waals surface area contributed by atoms with Crippen molar-refractivity contribution in [2.24, 2.45) is 4.40 Å². The molecule has 1 aliphatic rings. The minimum absolute atomic E-state index is 0.00154. The summed E-state index contributed by atoms with van der Waals surface area (Å²) in [4.78, 5) is 10.6. The lowest BCUT2D eigenvalue weighted by molar-refractivity contribution is -0.117. The predicted octanol–water partition coefficient (Wildman–Crippen LogP) is 3.52. The average molecular weight is 381 g/mol. The second-order valence-electron chi connectivity index (χ2n) is 4.97. The van der Waals surface area contributed by atoms with Crippen molar-refractivity contribution in [3.05, 3.63) is 40.9 Å². The molecule has 0 saturated carbocycles. The van der Waals surface area contributed by atoms with Gasteiger partial charge in [-0.2, -0.15) is 12.8 Å². The average Bonchev–Trinajstić information content (AvgIpc) is 2.49. The lowest BCUT2D eigenvalue weighted by Crippen LogP contribution is -2.48. The summed E-state index contributed by atoms with van der Waals surface area (Å²) in [5.41, 5.74) is 0.0138. The fourth-order valence-electron chi connectivity index (χ4n) is 2.00. The van der Waals surface area contributed by atoms with Gasteiger partial charge in [-0.25, -0.2) is 0 Å². The minimum atomic E-state index is -4.00. The second kappa shape index (κ2) is 5.96. The number of allylic oxidation sites excluding steroid dienone is 2. The van der Waals surface area contributed by atoms with Crippen LogP contribution in [0.4, 0.5) is 0 Å². The fourth-order valence-corrected chi connectivity index (χ4v) is 3.97. The number of Topliss-reactive ketones (excluding diaryl/α,β-unsaturated/α-hetero) is 1. The molecule has 0 radical (unpaired) electrons. The summed E-state index contributed by atoms with van der Waals surface area (Å²) in [6.07, 6.45) is 0. The van der Waals surface area contributed by atoms with Crippen molar-refractivity contribution in [1.29, 1.82) is 0 Å². The Balaban J connectivity index is 2.63. The van der Waals surface area contributed by atoms with Gasteiger partial charge in [0.15, 0.2) is 5.78 Å². The first-order valence-electron chi connectivity index (χ1n) is 6.23. The maximum atomic E-state index is 12.3. The maximum Gasteiger partial charge on any atom is 0.282 e. The smallest absolute Gasteiger partial charge is 0.282 e. The van der Waals surface area contributed by atoms with Gasteiger partial charge in [0.1, 0.15) is 10.3 Å². The van der Waals surface area contributed by atoms with Crippen LogP contribution in [-0.4, -0.2) is 30.2 Å². The highest BCUT2D eigenvalue weighted by Crippen LogP contribution is 2.38. The largest absolute Gasteiger partial charge is 0.292 e. The minimum Gasteiger partial charge on any atom is -0.292 e. The zero-order valence-corrected chi connectivity index (χ0v) is 14.8. The molecule has 0 fully saturated rings. The molecule has 0 bridgehead atoms. The summed E-state index contributed by atoms with van der Waals surface area (Å²) in [6.45, 7) is 2.87. The Bertz CT molecular complexity index is 783. The number of hydrogen-bond donors (Lipinski definition) is 0. The van der Waals surface area contributed by atoms with E-state index in [2.05, 4.69) is 4.40 Å². The van der Waals surface area contributed by atoms with Crippen LogP contribution in [-0.2, 0) is 14.8 Å². The molecule has 0 saturated heterocycles. The fraction of sp³-hybridized carbons (Fsp3) is 0.286. The highest BCUT2D eigenvalue weighted by molar-refractivity contribution is 7.90. The lowest BCUT2D eigenvalue weighted by atomic mass is 9.87. The number of carbonyl (C=O) groups excluding carboxylic acids is 1. The van der Waals surface area contributed by atoms with E-state index in [-0.39, 0.29) is 21.2 Å². The van der Waals surface area contributed by atoms with Crippen LogP contribution in [0.1, 0.15) is 13.8 Å². The van der Waals surface area contributed by atoms with Crippen molar-refractivity contribution in [2.75, 3.05) is 0 Å². The Morgan fingerprint density at radius 1 is 1.23 bits per heavy atom. The van der Waals surface area contributed by atoms with E-state index in [0.29, 0.717) is 0 Å². The predicted molar refractivity (Wildman–Crippen MR) is 88.5 cm³/mol. The Labute approximate surface area is 143 Å². The van der Waals surface area contributed by atoms with Gasteiger partial charge in [-0.05, 0) is 26.0 Å². The Morgan fingerprint density at radius 2 is 1.77 bits per heavy atom. The van der Waals surface area contributed by atoms with Gasteiger partial charge in [-0.1, -0.05) is 29.8 Å². The summed E-state index contributed by atoms with van der Waals surface area (Å²) in [5.74, 6) is -0.449. The molecule has 1 aromatic rings. The molecule has 1 aromatic carbocycles. The zero-order chi connectivity index (χ0) is 16.7. The number of sulfonamides is 1. The van der Waals surface area contributed by atoms with Crippen molar-refractivity contribution < 1.29 is 13.2 Å². The van der Waals surface area contributed by atoms with E-state index in [0.717, 1.165) is 0 Å². The molecule has 0 aliphatic heterocycles. The molecule has 0 N–H and O–H groups in total. The molecule has 0 heterocycles. The highest BCUT2D eigenvalue weighted by Gasteiger charge is 2.48. The van der Waals surface area contributed by atoms with Gasteiger partial charge in [0.25, 0.3) is 10.0 Å². The molecule has 22 heavy (non-hydrogen) atoms. The van der Waals surface area contributed by atoms with Crippen LogP contribution in [0.15, 0.2) is 50.2 Å². The summed E-state index contributed by atoms with van der Waals surface area (Å²) in [5, 5.41) is -1.24. The van der Waals surface area contributed by atoms with E-state index in [1.807, 2.05) is 0 Å². The van der Waals surface area contributed by atoms with Gasteiger partial charge in [0.2, 0.25) is 0 Å². The highest BCUT2D eigenvalue weighted by atomic mass is 35.5. The van der Waals surface area contributed by atoms with Crippen molar-refractivity contribution in [1.82, 2.24) is 0 Å². The molecule has 0 aromatic heterocycles. The van der Waals surface area contributed by atoms with Gasteiger partial charge in [0.05, 0.1) is 15.6 Å². The number of nitrogens with zero attached hydrogens (tertiary/aromatic N) is 1. The van der Waals surface area contributed by atoms with E-state index in [1.54, 1.807) is 18.2 Å². The molecule has 8 heteroatoms. The van der Waals surface area contributed by atoms with E-state index in [4.69, 9.17) is 34.8 Å². The number of benzene rings is 1. The quantitative estimate of drug-likeness (QED) is 0.737. The number of ketones is 1. The molecule has 4 nitrogen and oxygen atoms in total. The van der Waals surface area contributed by atoms with Crippen LogP contribution < -0.4 is 0 Å². The summed E-state index contributed by atoms with van der Waals surface area (Å²) >= 11 is 18.4. The van der Waals surface area contributed by atoms with Crippen LogP contribution in [0.25, 0.3) is 0 Å². The van der Waals surface area contributed by atoms with Crippen molar-refractivity contribution >= 4 is 56.3 Å². The van der Waals surface area contributed by atoms with Crippen LogP contribution in [0.2, 0.25) is 0 Å². The van der Waals surface area contributed by atoms with Gasteiger partial charge in [-0.3, -0.25) is 4.79 Å². The molecule has 0 amide bonds. The Hall–Kier alpha value is -0.880. The van der Waals surface area contributed by atoms with Crippen LogP contribution in [0.5, 0.6) is 0 Å². The standard InChI is InChI=1S/C14H12Cl3NO3S/c1-8-10(15)11(12(16)14(2,17)13(8)19)18-22(20,21)9-6-4-3-5-7-9/h3-7,12H,1-2H3/t12-,14-/m1/s1. The summed E-state index contributed by atoms with van der Waals surface area (Å²) in [6, 6.07) is 7.64. The topological polar surface area (TPSA) is 63.6 Å². The van der Waals surface area contributed by atoms with Gasteiger partial charge in [0, 0.05) is 5.57 Å². The molecule has 0 unspecified atom stereocenters. The number of rotatable bonds is 2. The summed E-state index contributed by atoms with van der Waals surface area (Å²) in [7, 11) is -4.00. The maximum absolute atomic E-state index is 12.3.